The van der Waals surface area contributed by atoms with Crippen molar-refractivity contribution < 1.29 is 14.3 Å². The Bertz CT molecular complexity index is 794. The molecule has 0 spiro atoms. The first-order chi connectivity index (χ1) is 13.1. The molecule has 1 aliphatic rings. The van der Waals surface area contributed by atoms with E-state index in [0.29, 0.717) is 23.7 Å². The van der Waals surface area contributed by atoms with Gasteiger partial charge in [0.2, 0.25) is 0 Å². The molecule has 1 fully saturated rings. The number of carbonyl (C=O) groups excluding carboxylic acids is 1. The average molecular weight is 433 g/mol. The molecule has 1 amide bonds. The van der Waals surface area contributed by atoms with Gasteiger partial charge in [0, 0.05) is 17.8 Å². The molecule has 0 bridgehead atoms. The Morgan fingerprint density at radius 2 is 2.15 bits per heavy atom. The average Bonchev–Trinajstić information content (AvgIpc) is 3.52. The largest absolute Gasteiger partial charge is 0.493 e. The first-order valence-corrected chi connectivity index (χ1v) is 10.1. The van der Waals surface area contributed by atoms with Gasteiger partial charge in [0.15, 0.2) is 11.5 Å². The topological polar surface area (TPSA) is 51.7 Å². The molecule has 1 unspecified atom stereocenters. The minimum Gasteiger partial charge on any atom is -0.493 e. The number of rotatable bonds is 8. The summed E-state index contributed by atoms with van der Waals surface area (Å²) in [6.07, 6.45) is 4.71. The van der Waals surface area contributed by atoms with Gasteiger partial charge in [0.05, 0.1) is 29.9 Å². The van der Waals surface area contributed by atoms with Crippen molar-refractivity contribution >= 4 is 21.8 Å². The predicted molar refractivity (Wildman–Crippen MR) is 108 cm³/mol. The Labute approximate surface area is 168 Å². The van der Waals surface area contributed by atoms with Crippen LogP contribution in [0.5, 0.6) is 11.5 Å². The summed E-state index contributed by atoms with van der Waals surface area (Å²) in [4.78, 5) is 19.7. The molecular formula is C21H25BrN2O3. The second-order valence-electron chi connectivity index (χ2n) is 6.71. The van der Waals surface area contributed by atoms with E-state index >= 15 is 0 Å². The lowest BCUT2D eigenvalue weighted by Gasteiger charge is -2.29. The SMILES string of the molecule is CCCOc1c(Br)cc(C(=O)N(C2CC2)C(C)c2ccccn2)cc1OC. The number of aromatic nitrogens is 1. The fraction of sp³-hybridized carbons (Fsp3) is 0.429. The quantitative estimate of drug-likeness (QED) is 0.588. The van der Waals surface area contributed by atoms with Gasteiger partial charge in [-0.05, 0) is 66.4 Å². The van der Waals surface area contributed by atoms with E-state index in [2.05, 4.69) is 20.9 Å². The zero-order valence-corrected chi connectivity index (χ0v) is 17.5. The Kier molecular flexibility index (Phi) is 6.37. The highest BCUT2D eigenvalue weighted by atomic mass is 79.9. The monoisotopic (exact) mass is 432 g/mol. The molecule has 6 heteroatoms. The summed E-state index contributed by atoms with van der Waals surface area (Å²) in [6, 6.07) is 9.55. The van der Waals surface area contributed by atoms with Crippen LogP contribution < -0.4 is 9.47 Å². The van der Waals surface area contributed by atoms with Gasteiger partial charge >= 0.3 is 0 Å². The highest BCUT2D eigenvalue weighted by Gasteiger charge is 2.37. The number of methoxy groups -OCH3 is 1. The number of hydrogen-bond acceptors (Lipinski definition) is 4. The summed E-state index contributed by atoms with van der Waals surface area (Å²) >= 11 is 3.53. The summed E-state index contributed by atoms with van der Waals surface area (Å²) in [5, 5.41) is 0. The summed E-state index contributed by atoms with van der Waals surface area (Å²) < 4.78 is 12.0. The number of carbonyl (C=O) groups is 1. The summed E-state index contributed by atoms with van der Waals surface area (Å²) in [6.45, 7) is 4.67. The van der Waals surface area contributed by atoms with Gasteiger partial charge in [-0.15, -0.1) is 0 Å². The molecule has 1 heterocycles. The minimum atomic E-state index is -0.0908. The van der Waals surface area contributed by atoms with Crippen LogP contribution in [0.15, 0.2) is 41.0 Å². The van der Waals surface area contributed by atoms with Crippen molar-refractivity contribution in [3.63, 3.8) is 0 Å². The molecule has 144 valence electrons. The highest BCUT2D eigenvalue weighted by molar-refractivity contribution is 9.10. The van der Waals surface area contributed by atoms with Crippen LogP contribution in [0.25, 0.3) is 0 Å². The first kappa shape index (κ1) is 19.7. The van der Waals surface area contributed by atoms with Crippen LogP contribution in [0.1, 0.15) is 55.2 Å². The lowest BCUT2D eigenvalue weighted by molar-refractivity contribution is 0.0669. The summed E-state index contributed by atoms with van der Waals surface area (Å²) in [5.74, 6) is 1.17. The van der Waals surface area contributed by atoms with Crippen LogP contribution >= 0.6 is 15.9 Å². The molecule has 0 aliphatic heterocycles. The number of amides is 1. The van der Waals surface area contributed by atoms with E-state index in [-0.39, 0.29) is 18.0 Å². The number of pyridine rings is 1. The lowest BCUT2D eigenvalue weighted by Crippen LogP contribution is -2.36. The van der Waals surface area contributed by atoms with Crippen molar-refractivity contribution in [2.45, 2.75) is 45.2 Å². The van der Waals surface area contributed by atoms with Crippen molar-refractivity contribution in [3.8, 4) is 11.5 Å². The van der Waals surface area contributed by atoms with Gasteiger partial charge in [-0.1, -0.05) is 13.0 Å². The highest BCUT2D eigenvalue weighted by Crippen LogP contribution is 2.39. The molecule has 1 aliphatic carbocycles. The second-order valence-corrected chi connectivity index (χ2v) is 7.57. The maximum absolute atomic E-state index is 13.4. The smallest absolute Gasteiger partial charge is 0.254 e. The standard InChI is InChI=1S/C21H25BrN2O3/c1-4-11-27-20-17(22)12-15(13-19(20)26-3)21(25)24(16-8-9-16)14(2)18-7-5-6-10-23-18/h5-7,10,12-14,16H,4,8-9,11H2,1-3H3. The minimum absolute atomic E-state index is 0.0169. The van der Waals surface area contributed by atoms with Crippen molar-refractivity contribution in [2.75, 3.05) is 13.7 Å². The zero-order valence-electron chi connectivity index (χ0n) is 15.9. The maximum Gasteiger partial charge on any atom is 0.254 e. The van der Waals surface area contributed by atoms with Crippen molar-refractivity contribution in [1.82, 2.24) is 9.88 Å². The number of hydrogen-bond donors (Lipinski definition) is 0. The van der Waals surface area contributed by atoms with Crippen molar-refractivity contribution in [3.05, 3.63) is 52.3 Å². The van der Waals surface area contributed by atoms with Crippen molar-refractivity contribution in [2.24, 2.45) is 0 Å². The molecule has 3 rings (SSSR count). The van der Waals surface area contributed by atoms with Gasteiger partial charge in [-0.3, -0.25) is 9.78 Å². The fourth-order valence-electron chi connectivity index (χ4n) is 3.11. The van der Waals surface area contributed by atoms with Crippen LogP contribution in [-0.2, 0) is 0 Å². The second kappa shape index (κ2) is 8.74. The first-order valence-electron chi connectivity index (χ1n) is 9.30. The van der Waals surface area contributed by atoms with Crippen LogP contribution in [-0.4, -0.2) is 35.5 Å². The third kappa shape index (κ3) is 4.43. The zero-order chi connectivity index (χ0) is 19.4. The molecule has 0 saturated heterocycles. The molecular weight excluding hydrogens is 408 g/mol. The van der Waals surface area contributed by atoms with Crippen LogP contribution in [0.4, 0.5) is 0 Å². The van der Waals surface area contributed by atoms with Crippen molar-refractivity contribution in [1.29, 1.82) is 0 Å². The third-order valence-electron chi connectivity index (χ3n) is 4.63. The molecule has 27 heavy (non-hydrogen) atoms. The molecule has 1 aromatic carbocycles. The van der Waals surface area contributed by atoms with E-state index < -0.39 is 0 Å². The van der Waals surface area contributed by atoms with E-state index in [9.17, 15) is 4.79 Å². The molecule has 1 aromatic heterocycles. The molecule has 0 N–H and O–H groups in total. The Morgan fingerprint density at radius 3 is 2.74 bits per heavy atom. The van der Waals surface area contributed by atoms with Gasteiger partial charge in [0.1, 0.15) is 0 Å². The Hall–Kier alpha value is -2.08. The molecule has 1 atom stereocenters. The molecule has 1 saturated carbocycles. The predicted octanol–water partition coefficient (Wildman–Crippen LogP) is 5.01. The fourth-order valence-corrected chi connectivity index (χ4v) is 3.67. The van der Waals surface area contributed by atoms with Gasteiger partial charge in [0.25, 0.3) is 5.91 Å². The van der Waals surface area contributed by atoms with E-state index in [0.717, 1.165) is 29.4 Å². The molecule has 0 radical (unpaired) electrons. The number of benzene rings is 1. The Balaban J connectivity index is 1.91. The molecule has 2 aromatic rings. The lowest BCUT2D eigenvalue weighted by atomic mass is 10.1. The molecule has 5 nitrogen and oxygen atoms in total. The van der Waals surface area contributed by atoms with Crippen LogP contribution in [0, 0.1) is 0 Å². The Morgan fingerprint density at radius 1 is 1.37 bits per heavy atom. The van der Waals surface area contributed by atoms with E-state index in [1.165, 1.54) is 0 Å². The van der Waals surface area contributed by atoms with E-state index in [1.54, 1.807) is 19.4 Å². The third-order valence-corrected chi connectivity index (χ3v) is 5.22. The van der Waals surface area contributed by atoms with Gasteiger partial charge in [-0.25, -0.2) is 0 Å². The number of halogens is 1. The van der Waals surface area contributed by atoms with Crippen LogP contribution in [0.2, 0.25) is 0 Å². The maximum atomic E-state index is 13.4. The van der Waals surface area contributed by atoms with E-state index in [1.807, 2.05) is 43.0 Å². The number of nitrogens with zero attached hydrogens (tertiary/aromatic N) is 2. The van der Waals surface area contributed by atoms with Gasteiger partial charge in [-0.2, -0.15) is 0 Å². The van der Waals surface area contributed by atoms with Gasteiger partial charge < -0.3 is 14.4 Å². The normalized spacial score (nSPS) is 14.5. The van der Waals surface area contributed by atoms with Crippen LogP contribution in [0.3, 0.4) is 0 Å². The summed E-state index contributed by atoms with van der Waals surface area (Å²) in [5.41, 5.74) is 1.48. The number of ether oxygens (including phenoxy) is 2. The van der Waals surface area contributed by atoms with E-state index in [4.69, 9.17) is 9.47 Å². The summed E-state index contributed by atoms with van der Waals surface area (Å²) in [7, 11) is 1.59.